The first-order valence-electron chi connectivity index (χ1n) is 5.56. The highest BCUT2D eigenvalue weighted by molar-refractivity contribution is 6.31. The van der Waals surface area contributed by atoms with Crippen LogP contribution >= 0.6 is 11.6 Å². The summed E-state index contributed by atoms with van der Waals surface area (Å²) in [6, 6.07) is 6.02. The molecule has 3 nitrogen and oxygen atoms in total. The Morgan fingerprint density at radius 3 is 2.24 bits per heavy atom. The lowest BCUT2D eigenvalue weighted by Crippen LogP contribution is -2.35. The van der Waals surface area contributed by atoms with Crippen molar-refractivity contribution < 1.29 is 0 Å². The van der Waals surface area contributed by atoms with Gasteiger partial charge in [0.25, 0.3) is 0 Å². The summed E-state index contributed by atoms with van der Waals surface area (Å²) in [5.74, 6) is 0.956. The van der Waals surface area contributed by atoms with Gasteiger partial charge in [0, 0.05) is 33.2 Å². The van der Waals surface area contributed by atoms with Crippen LogP contribution in [0.15, 0.2) is 23.2 Å². The Morgan fingerprint density at radius 2 is 1.76 bits per heavy atom. The van der Waals surface area contributed by atoms with Crippen LogP contribution in [0.1, 0.15) is 11.1 Å². The number of aryl methyl sites for hydroxylation is 1. The molecule has 0 atom stereocenters. The van der Waals surface area contributed by atoms with Gasteiger partial charge < -0.3 is 9.80 Å². The van der Waals surface area contributed by atoms with E-state index in [9.17, 15) is 0 Å². The maximum Gasteiger partial charge on any atom is 0.195 e. The van der Waals surface area contributed by atoms with Gasteiger partial charge >= 0.3 is 0 Å². The summed E-state index contributed by atoms with van der Waals surface area (Å²) in [6.45, 7) is 2.68. The molecule has 0 aliphatic heterocycles. The van der Waals surface area contributed by atoms with Crippen molar-refractivity contribution in [1.82, 2.24) is 9.80 Å². The summed E-state index contributed by atoms with van der Waals surface area (Å²) < 4.78 is 0. The zero-order valence-electron chi connectivity index (χ0n) is 11.2. The highest BCUT2D eigenvalue weighted by Gasteiger charge is 2.04. The van der Waals surface area contributed by atoms with Crippen molar-refractivity contribution >= 4 is 17.6 Å². The molecule has 0 heterocycles. The van der Waals surface area contributed by atoms with Gasteiger partial charge in [-0.2, -0.15) is 0 Å². The molecule has 0 aromatic heterocycles. The third-order valence-electron chi connectivity index (χ3n) is 2.43. The van der Waals surface area contributed by atoms with Gasteiger partial charge in [0.15, 0.2) is 5.96 Å². The van der Waals surface area contributed by atoms with Gasteiger partial charge in [0.1, 0.15) is 0 Å². The fourth-order valence-corrected chi connectivity index (χ4v) is 1.77. The van der Waals surface area contributed by atoms with Gasteiger partial charge in [-0.25, -0.2) is 4.99 Å². The smallest absolute Gasteiger partial charge is 0.195 e. The van der Waals surface area contributed by atoms with E-state index in [-0.39, 0.29) is 0 Å². The van der Waals surface area contributed by atoms with E-state index >= 15 is 0 Å². The Kier molecular flexibility index (Phi) is 4.82. The maximum atomic E-state index is 5.99. The van der Waals surface area contributed by atoms with E-state index in [1.807, 2.05) is 57.0 Å². The normalized spacial score (nSPS) is 10.0. The number of hydrogen-bond acceptors (Lipinski definition) is 1. The first-order valence-corrected chi connectivity index (χ1v) is 5.93. The first-order chi connectivity index (χ1) is 7.91. The minimum absolute atomic E-state index is 0.670. The highest BCUT2D eigenvalue weighted by atomic mass is 35.5. The van der Waals surface area contributed by atoms with Gasteiger partial charge in [-0.1, -0.05) is 23.7 Å². The molecule has 1 rings (SSSR count). The van der Waals surface area contributed by atoms with Crippen molar-refractivity contribution in [3.8, 4) is 0 Å². The lowest BCUT2D eigenvalue weighted by atomic mass is 10.1. The molecular weight excluding hydrogens is 234 g/mol. The molecule has 94 valence electrons. The molecule has 0 spiro atoms. The predicted octanol–water partition coefficient (Wildman–Crippen LogP) is 2.63. The van der Waals surface area contributed by atoms with E-state index in [2.05, 4.69) is 11.1 Å². The van der Waals surface area contributed by atoms with Crippen LogP contribution < -0.4 is 0 Å². The fourth-order valence-electron chi connectivity index (χ4n) is 1.65. The Hall–Kier alpha value is -1.22. The molecule has 17 heavy (non-hydrogen) atoms. The van der Waals surface area contributed by atoms with Crippen LogP contribution in [0.2, 0.25) is 5.02 Å². The molecule has 0 amide bonds. The predicted molar refractivity (Wildman–Crippen MR) is 74.7 cm³/mol. The van der Waals surface area contributed by atoms with Crippen LogP contribution in [0.5, 0.6) is 0 Å². The second-order valence-electron chi connectivity index (χ2n) is 4.49. The van der Waals surface area contributed by atoms with Crippen molar-refractivity contribution in [2.75, 3.05) is 28.2 Å². The van der Waals surface area contributed by atoms with Crippen molar-refractivity contribution in [2.24, 2.45) is 4.99 Å². The molecule has 0 fully saturated rings. The van der Waals surface area contributed by atoms with Crippen LogP contribution in [0.4, 0.5) is 0 Å². The molecule has 0 saturated carbocycles. The minimum atomic E-state index is 0.670. The molecule has 0 bridgehead atoms. The summed E-state index contributed by atoms with van der Waals surface area (Å²) in [7, 11) is 7.97. The molecule has 0 saturated heterocycles. The van der Waals surface area contributed by atoms with Gasteiger partial charge in [0.05, 0.1) is 6.54 Å². The van der Waals surface area contributed by atoms with E-state index < -0.39 is 0 Å². The molecular formula is C13H20ClN3. The molecule has 0 aliphatic rings. The lowest BCUT2D eigenvalue weighted by molar-refractivity contribution is 0.479. The summed E-state index contributed by atoms with van der Waals surface area (Å²) in [5, 5.41) is 0.804. The topological polar surface area (TPSA) is 18.8 Å². The maximum absolute atomic E-state index is 5.99. The minimum Gasteiger partial charge on any atom is -0.349 e. The fraction of sp³-hybridized carbons (Fsp3) is 0.462. The Bertz CT molecular complexity index is 401. The van der Waals surface area contributed by atoms with Crippen LogP contribution in [-0.2, 0) is 6.54 Å². The number of rotatable bonds is 2. The summed E-state index contributed by atoms with van der Waals surface area (Å²) >= 11 is 5.99. The van der Waals surface area contributed by atoms with E-state index in [4.69, 9.17) is 11.6 Å². The molecule has 0 N–H and O–H groups in total. The van der Waals surface area contributed by atoms with Crippen LogP contribution in [0, 0.1) is 6.92 Å². The van der Waals surface area contributed by atoms with Gasteiger partial charge in [0.2, 0.25) is 0 Å². The SMILES string of the molecule is Cc1cc(CN=C(N(C)C)N(C)C)ccc1Cl. The van der Waals surface area contributed by atoms with E-state index in [0.717, 1.165) is 16.5 Å². The van der Waals surface area contributed by atoms with Gasteiger partial charge in [-0.3, -0.25) is 0 Å². The van der Waals surface area contributed by atoms with Crippen molar-refractivity contribution in [3.05, 3.63) is 34.3 Å². The van der Waals surface area contributed by atoms with Crippen molar-refractivity contribution in [1.29, 1.82) is 0 Å². The van der Waals surface area contributed by atoms with Crippen molar-refractivity contribution in [3.63, 3.8) is 0 Å². The molecule has 1 aromatic carbocycles. The van der Waals surface area contributed by atoms with E-state index in [0.29, 0.717) is 6.54 Å². The third kappa shape index (κ3) is 3.93. The summed E-state index contributed by atoms with van der Waals surface area (Å²) in [4.78, 5) is 8.59. The van der Waals surface area contributed by atoms with Gasteiger partial charge in [-0.05, 0) is 24.1 Å². The molecule has 1 aromatic rings. The van der Waals surface area contributed by atoms with Crippen LogP contribution in [0.25, 0.3) is 0 Å². The molecule has 4 heteroatoms. The molecule has 0 radical (unpaired) electrons. The largest absolute Gasteiger partial charge is 0.349 e. The Labute approximate surface area is 109 Å². The number of nitrogens with zero attached hydrogens (tertiary/aromatic N) is 3. The summed E-state index contributed by atoms with van der Waals surface area (Å²) in [6.07, 6.45) is 0. The summed E-state index contributed by atoms with van der Waals surface area (Å²) in [5.41, 5.74) is 2.27. The van der Waals surface area contributed by atoms with E-state index in [1.54, 1.807) is 0 Å². The molecule has 0 aliphatic carbocycles. The quantitative estimate of drug-likeness (QED) is 0.596. The molecule has 0 unspecified atom stereocenters. The third-order valence-corrected chi connectivity index (χ3v) is 2.85. The Morgan fingerprint density at radius 1 is 1.18 bits per heavy atom. The van der Waals surface area contributed by atoms with Crippen molar-refractivity contribution in [2.45, 2.75) is 13.5 Å². The highest BCUT2D eigenvalue weighted by Crippen LogP contribution is 2.16. The first kappa shape index (κ1) is 13.8. The average Bonchev–Trinajstić information content (AvgIpc) is 2.22. The standard InChI is InChI=1S/C13H20ClN3/c1-10-8-11(6-7-12(10)14)9-15-13(16(2)3)17(4)5/h6-8H,9H2,1-5H3. The van der Waals surface area contributed by atoms with Gasteiger partial charge in [-0.15, -0.1) is 0 Å². The monoisotopic (exact) mass is 253 g/mol. The number of benzene rings is 1. The second kappa shape index (κ2) is 5.92. The number of guanidine groups is 1. The van der Waals surface area contributed by atoms with Crippen LogP contribution in [0.3, 0.4) is 0 Å². The van der Waals surface area contributed by atoms with Crippen LogP contribution in [-0.4, -0.2) is 44.0 Å². The lowest BCUT2D eigenvalue weighted by Gasteiger charge is -2.22. The zero-order chi connectivity index (χ0) is 13.0. The Balaban J connectivity index is 2.83. The number of hydrogen-bond donors (Lipinski definition) is 0. The number of aliphatic imine (C=N–C) groups is 1. The number of halogens is 1. The zero-order valence-corrected chi connectivity index (χ0v) is 11.9. The average molecular weight is 254 g/mol. The van der Waals surface area contributed by atoms with E-state index in [1.165, 1.54) is 5.56 Å². The second-order valence-corrected chi connectivity index (χ2v) is 4.90.